The Kier molecular flexibility index (Phi) is 7.02. The Morgan fingerprint density at radius 2 is 1.25 bits per heavy atom. The second-order valence-electron chi connectivity index (χ2n) is 3.33. The lowest BCUT2D eigenvalue weighted by atomic mass is 10.2. The van der Waals surface area contributed by atoms with E-state index >= 15 is 0 Å². The van der Waals surface area contributed by atoms with Crippen molar-refractivity contribution in [1.82, 2.24) is 4.98 Å². The highest BCUT2D eigenvalue weighted by Crippen LogP contribution is 2.01. The van der Waals surface area contributed by atoms with E-state index in [-0.39, 0.29) is 0 Å². The molecule has 0 amide bonds. The number of aromatic nitrogens is 1. The van der Waals surface area contributed by atoms with Crippen LogP contribution >= 0.6 is 0 Å². The van der Waals surface area contributed by atoms with E-state index in [0.29, 0.717) is 0 Å². The molecule has 0 spiro atoms. The Morgan fingerprint density at radius 1 is 0.938 bits per heavy atom. The Labute approximate surface area is 98.5 Å². The predicted molar refractivity (Wildman–Crippen MR) is 75.9 cm³/mol. The summed E-state index contributed by atoms with van der Waals surface area (Å²) >= 11 is 0. The van der Waals surface area contributed by atoms with E-state index in [1.807, 2.05) is 38.1 Å². The zero-order valence-corrected chi connectivity index (χ0v) is 10.9. The van der Waals surface area contributed by atoms with Gasteiger partial charge in [-0.05, 0) is 0 Å². The molecule has 1 aromatic heterocycles. The first-order chi connectivity index (χ1) is 7.70. The third-order valence-corrected chi connectivity index (χ3v) is 1.88. The van der Waals surface area contributed by atoms with Crippen molar-refractivity contribution >= 4 is 23.9 Å². The average molecular weight is 217 g/mol. The number of aromatic amines is 1. The molecule has 16 heavy (non-hydrogen) atoms. The molecule has 0 bridgehead atoms. The highest BCUT2D eigenvalue weighted by Gasteiger charge is 1.93. The number of hydrogen-bond donors (Lipinski definition) is 1. The summed E-state index contributed by atoms with van der Waals surface area (Å²) in [7, 11) is 0. The molecular weight excluding hydrogens is 194 g/mol. The van der Waals surface area contributed by atoms with Crippen molar-refractivity contribution in [3.8, 4) is 0 Å². The third kappa shape index (κ3) is 3.58. The predicted octanol–water partition coefficient (Wildman–Crippen LogP) is 3.43. The van der Waals surface area contributed by atoms with Gasteiger partial charge < -0.3 is 4.98 Å². The van der Waals surface area contributed by atoms with Gasteiger partial charge in [-0.3, -0.25) is 0 Å². The van der Waals surface area contributed by atoms with Crippen LogP contribution in [0.4, 0.5) is 0 Å². The van der Waals surface area contributed by atoms with Gasteiger partial charge in [0.05, 0.1) is 0 Å². The summed E-state index contributed by atoms with van der Waals surface area (Å²) in [4.78, 5) is 3.09. The summed E-state index contributed by atoms with van der Waals surface area (Å²) in [5.41, 5.74) is 0. The van der Waals surface area contributed by atoms with Gasteiger partial charge in [0.1, 0.15) is 0 Å². The molecule has 0 fully saturated rings. The van der Waals surface area contributed by atoms with Crippen LogP contribution in [0.1, 0.15) is 34.1 Å². The summed E-state index contributed by atoms with van der Waals surface area (Å²) in [6.45, 7) is 16.0. The van der Waals surface area contributed by atoms with E-state index in [0.717, 1.165) is 21.5 Å². The van der Waals surface area contributed by atoms with E-state index in [2.05, 4.69) is 32.0 Å². The van der Waals surface area contributed by atoms with Crippen LogP contribution < -0.4 is 10.7 Å². The summed E-state index contributed by atoms with van der Waals surface area (Å²) in [6, 6.07) is 8.10. The molecule has 1 aromatic carbocycles. The molecule has 0 saturated carbocycles. The fraction of sp³-hybridized carbons (Fsp3) is 0.333. The highest BCUT2D eigenvalue weighted by atomic mass is 14.7. The molecule has 0 atom stereocenters. The number of rotatable bonds is 0. The molecular formula is C15H23N. The van der Waals surface area contributed by atoms with Crippen molar-refractivity contribution < 1.29 is 0 Å². The number of benzene rings is 1. The van der Waals surface area contributed by atoms with E-state index < -0.39 is 0 Å². The molecule has 88 valence electrons. The Hall–Kier alpha value is -1.50. The highest BCUT2D eigenvalue weighted by molar-refractivity contribution is 5.82. The van der Waals surface area contributed by atoms with Crippen LogP contribution in [0.15, 0.2) is 24.3 Å². The van der Waals surface area contributed by atoms with Crippen molar-refractivity contribution in [1.29, 1.82) is 0 Å². The van der Waals surface area contributed by atoms with Gasteiger partial charge >= 0.3 is 0 Å². The minimum Gasteiger partial charge on any atom is -0.355 e. The lowest BCUT2D eigenvalue weighted by Gasteiger charge is -1.84. The van der Waals surface area contributed by atoms with Crippen LogP contribution in [0.5, 0.6) is 0 Å². The van der Waals surface area contributed by atoms with Gasteiger partial charge in [-0.15, -0.1) is 0 Å². The van der Waals surface area contributed by atoms with E-state index in [1.54, 1.807) is 0 Å². The second-order valence-corrected chi connectivity index (χ2v) is 3.33. The normalized spacial score (nSPS) is 8.75. The number of hydrogen-bond acceptors (Lipinski definition) is 0. The van der Waals surface area contributed by atoms with Gasteiger partial charge in [0.25, 0.3) is 0 Å². The van der Waals surface area contributed by atoms with Crippen LogP contribution in [0.2, 0.25) is 0 Å². The zero-order valence-electron chi connectivity index (χ0n) is 10.9. The van der Waals surface area contributed by atoms with Gasteiger partial charge in [0, 0.05) is 21.5 Å². The summed E-state index contributed by atoms with van der Waals surface area (Å²) in [6.07, 6.45) is 1.25. The number of fused-ring (bicyclic) bond motifs is 1. The number of H-pyrrole nitrogens is 1. The maximum absolute atomic E-state index is 3.87. The maximum Gasteiger partial charge on any atom is 0.0391 e. The number of nitrogens with one attached hydrogen (secondary N) is 1. The molecule has 1 nitrogen and oxygen atoms in total. The van der Waals surface area contributed by atoms with Crippen molar-refractivity contribution in [2.75, 3.05) is 0 Å². The van der Waals surface area contributed by atoms with Gasteiger partial charge in [-0.25, -0.2) is 0 Å². The van der Waals surface area contributed by atoms with Crippen molar-refractivity contribution in [3.05, 3.63) is 35.0 Å². The lowest BCUT2D eigenvalue weighted by molar-refractivity contribution is 1.09. The van der Waals surface area contributed by atoms with E-state index in [1.165, 1.54) is 6.42 Å². The first-order valence-corrected chi connectivity index (χ1v) is 5.95. The SMILES string of the molecule is C=c1[nH]c(=C)c2ccccc12.CC.CCC. The minimum absolute atomic E-state index is 0.950. The van der Waals surface area contributed by atoms with Gasteiger partial charge in [0.2, 0.25) is 0 Å². The molecule has 2 rings (SSSR count). The molecule has 0 aliphatic heterocycles. The molecule has 0 saturated heterocycles. The van der Waals surface area contributed by atoms with Crippen molar-refractivity contribution in [2.24, 2.45) is 0 Å². The third-order valence-electron chi connectivity index (χ3n) is 1.88. The van der Waals surface area contributed by atoms with Crippen LogP contribution in [0, 0.1) is 0 Å². The quantitative estimate of drug-likeness (QED) is 0.696. The van der Waals surface area contributed by atoms with Crippen LogP contribution in [0.25, 0.3) is 23.9 Å². The van der Waals surface area contributed by atoms with Crippen LogP contribution in [-0.2, 0) is 0 Å². The fourth-order valence-corrected chi connectivity index (χ4v) is 1.33. The van der Waals surface area contributed by atoms with Gasteiger partial charge in [0.15, 0.2) is 0 Å². The van der Waals surface area contributed by atoms with Crippen molar-refractivity contribution in [3.63, 3.8) is 0 Å². The first kappa shape index (κ1) is 14.5. The van der Waals surface area contributed by atoms with Gasteiger partial charge in [-0.1, -0.05) is 71.5 Å². The molecule has 0 aliphatic carbocycles. The second kappa shape index (κ2) is 7.75. The Bertz CT molecular complexity index is 450. The van der Waals surface area contributed by atoms with E-state index in [4.69, 9.17) is 0 Å². The lowest BCUT2D eigenvalue weighted by Crippen LogP contribution is -2.04. The zero-order chi connectivity index (χ0) is 12.6. The molecule has 2 aromatic rings. The smallest absolute Gasteiger partial charge is 0.0391 e. The fourth-order valence-electron chi connectivity index (χ4n) is 1.33. The molecule has 0 unspecified atom stereocenters. The first-order valence-electron chi connectivity index (χ1n) is 5.95. The molecule has 1 heterocycles. The van der Waals surface area contributed by atoms with Crippen LogP contribution in [-0.4, -0.2) is 4.98 Å². The van der Waals surface area contributed by atoms with Crippen molar-refractivity contribution in [2.45, 2.75) is 34.1 Å². The summed E-state index contributed by atoms with van der Waals surface area (Å²) in [5.74, 6) is 0. The standard InChI is InChI=1S/C10H9N.C3H8.C2H6/c1-7-9-5-3-4-6-10(9)8(2)11-7;1-3-2;1-2/h3-6,11H,1-2H2;3H2,1-2H3;1-2H3. The molecule has 1 heteroatoms. The molecule has 0 aliphatic rings. The Morgan fingerprint density at radius 3 is 1.56 bits per heavy atom. The maximum atomic E-state index is 3.87. The monoisotopic (exact) mass is 217 g/mol. The van der Waals surface area contributed by atoms with E-state index in [9.17, 15) is 0 Å². The van der Waals surface area contributed by atoms with Crippen LogP contribution in [0.3, 0.4) is 0 Å². The summed E-state index contributed by atoms with van der Waals surface area (Å²) < 4.78 is 0. The molecule has 1 N–H and O–H groups in total. The largest absolute Gasteiger partial charge is 0.355 e. The summed E-state index contributed by atoms with van der Waals surface area (Å²) in [5, 5.41) is 4.23. The Balaban J connectivity index is 0.000000394. The average Bonchev–Trinajstić information content (AvgIpc) is 2.60. The topological polar surface area (TPSA) is 15.8 Å². The van der Waals surface area contributed by atoms with Gasteiger partial charge in [-0.2, -0.15) is 0 Å². The minimum atomic E-state index is 0.950. The molecule has 0 radical (unpaired) electrons.